The zero-order valence-electron chi connectivity index (χ0n) is 15.2. The molecular formula is C17H14F3N5O4S. The fourth-order valence-corrected chi connectivity index (χ4v) is 3.47. The Morgan fingerprint density at radius 3 is 2.53 bits per heavy atom. The summed E-state index contributed by atoms with van der Waals surface area (Å²) in [6, 6.07) is 5.13. The van der Waals surface area contributed by atoms with Crippen molar-refractivity contribution >= 4 is 39.7 Å². The third-order valence-corrected chi connectivity index (χ3v) is 4.95. The highest BCUT2D eigenvalue weighted by Crippen LogP contribution is 2.36. The van der Waals surface area contributed by atoms with Crippen molar-refractivity contribution in [1.29, 1.82) is 0 Å². The number of ether oxygens (including phenoxy) is 1. The van der Waals surface area contributed by atoms with Crippen molar-refractivity contribution in [1.82, 2.24) is 10.1 Å². The summed E-state index contributed by atoms with van der Waals surface area (Å²) in [7, 11) is 0. The second kappa shape index (κ2) is 8.41. The molecule has 3 aromatic rings. The van der Waals surface area contributed by atoms with Gasteiger partial charge in [0.1, 0.15) is 22.6 Å². The number of carbonyl (C=O) groups is 2. The summed E-state index contributed by atoms with van der Waals surface area (Å²) < 4.78 is 46.6. The van der Waals surface area contributed by atoms with Crippen LogP contribution in [0.25, 0.3) is 0 Å². The van der Waals surface area contributed by atoms with E-state index in [2.05, 4.69) is 14.9 Å². The maximum atomic E-state index is 13.3. The predicted molar refractivity (Wildman–Crippen MR) is 100 cm³/mol. The molecule has 0 bridgehead atoms. The van der Waals surface area contributed by atoms with Crippen LogP contribution < -0.4 is 21.1 Å². The molecule has 1 atom stereocenters. The van der Waals surface area contributed by atoms with E-state index < -0.39 is 41.8 Å². The summed E-state index contributed by atoms with van der Waals surface area (Å²) in [6.45, 7) is -1.65. The van der Waals surface area contributed by atoms with Gasteiger partial charge in [-0.3, -0.25) is 9.59 Å². The Balaban J connectivity index is 1.97. The van der Waals surface area contributed by atoms with Crippen molar-refractivity contribution in [3.05, 3.63) is 46.8 Å². The van der Waals surface area contributed by atoms with Gasteiger partial charge in [0.15, 0.2) is 5.13 Å². The van der Waals surface area contributed by atoms with Crippen molar-refractivity contribution in [2.45, 2.75) is 19.6 Å². The molecule has 0 aliphatic carbocycles. The molecule has 0 aliphatic heterocycles. The lowest BCUT2D eigenvalue weighted by atomic mass is 10.2. The van der Waals surface area contributed by atoms with Crippen LogP contribution in [0.15, 0.2) is 34.9 Å². The van der Waals surface area contributed by atoms with Gasteiger partial charge in [0.2, 0.25) is 17.5 Å². The molecule has 0 saturated carbocycles. The first-order valence-electron chi connectivity index (χ1n) is 8.24. The van der Waals surface area contributed by atoms with Crippen molar-refractivity contribution in [3.63, 3.8) is 0 Å². The van der Waals surface area contributed by atoms with E-state index in [1.807, 2.05) is 0 Å². The van der Waals surface area contributed by atoms with Gasteiger partial charge in [-0.15, -0.1) is 0 Å². The van der Waals surface area contributed by atoms with Gasteiger partial charge in [-0.05, 0) is 36.3 Å². The van der Waals surface area contributed by atoms with Crippen LogP contribution in [-0.4, -0.2) is 34.5 Å². The van der Waals surface area contributed by atoms with E-state index in [9.17, 15) is 22.8 Å². The van der Waals surface area contributed by atoms with Crippen molar-refractivity contribution < 1.29 is 32.0 Å². The van der Waals surface area contributed by atoms with E-state index in [4.69, 9.17) is 16.0 Å². The number of thiazole rings is 1. The van der Waals surface area contributed by atoms with Crippen LogP contribution in [0, 0.1) is 5.82 Å². The van der Waals surface area contributed by atoms with Gasteiger partial charge in [0, 0.05) is 5.69 Å². The monoisotopic (exact) mass is 441 g/mol. The Kier molecular flexibility index (Phi) is 5.91. The molecule has 0 radical (unpaired) electrons. The number of halogens is 3. The van der Waals surface area contributed by atoms with E-state index in [0.29, 0.717) is 5.69 Å². The van der Waals surface area contributed by atoms with E-state index in [-0.39, 0.29) is 15.8 Å². The van der Waals surface area contributed by atoms with Gasteiger partial charge >= 0.3 is 6.61 Å². The van der Waals surface area contributed by atoms with Gasteiger partial charge < -0.3 is 25.6 Å². The van der Waals surface area contributed by atoms with Crippen LogP contribution in [0.3, 0.4) is 0 Å². The van der Waals surface area contributed by atoms with Crippen molar-refractivity contribution in [2.75, 3.05) is 10.6 Å². The highest BCUT2D eigenvalue weighted by atomic mass is 32.1. The van der Waals surface area contributed by atoms with Crippen LogP contribution in [0.5, 0.6) is 5.88 Å². The minimum absolute atomic E-state index is 0.0893. The Morgan fingerprint density at radius 1 is 1.27 bits per heavy atom. The zero-order chi connectivity index (χ0) is 22.0. The maximum absolute atomic E-state index is 13.3. The number of benzene rings is 1. The summed E-state index contributed by atoms with van der Waals surface area (Å²) in [5.41, 5.74) is 11.6. The lowest BCUT2D eigenvalue weighted by Crippen LogP contribution is -2.39. The van der Waals surface area contributed by atoms with Gasteiger partial charge in [0.25, 0.3) is 5.88 Å². The second-order valence-electron chi connectivity index (χ2n) is 5.87. The van der Waals surface area contributed by atoms with Crippen LogP contribution >= 0.6 is 11.3 Å². The molecule has 1 unspecified atom stereocenters. The van der Waals surface area contributed by atoms with Crippen LogP contribution in [0.1, 0.15) is 22.4 Å². The molecule has 0 saturated heterocycles. The molecular weight excluding hydrogens is 427 g/mol. The number of hydrogen-bond donors (Lipinski definition) is 2. The minimum Gasteiger partial charge on any atom is -0.414 e. The molecule has 0 aliphatic rings. The third-order valence-electron chi connectivity index (χ3n) is 3.88. The van der Waals surface area contributed by atoms with Crippen LogP contribution in [-0.2, 0) is 4.79 Å². The maximum Gasteiger partial charge on any atom is 0.388 e. The molecule has 13 heteroatoms. The van der Waals surface area contributed by atoms with E-state index in [1.54, 1.807) is 0 Å². The smallest absolute Gasteiger partial charge is 0.388 e. The molecule has 158 valence electrons. The molecule has 1 aromatic carbocycles. The molecule has 0 fully saturated rings. The Hall–Kier alpha value is -3.61. The number of ketones is 1. The summed E-state index contributed by atoms with van der Waals surface area (Å²) >= 11 is 0.800. The summed E-state index contributed by atoms with van der Waals surface area (Å²) in [4.78, 5) is 29.8. The van der Waals surface area contributed by atoms with Gasteiger partial charge in [-0.1, -0.05) is 11.3 Å². The number of nitrogens with two attached hydrogens (primary N) is 2. The van der Waals surface area contributed by atoms with E-state index in [1.165, 1.54) is 36.1 Å². The Bertz CT molecular complexity index is 1070. The molecule has 9 nitrogen and oxygen atoms in total. The fraction of sp³-hybridized carbons (Fsp3) is 0.176. The minimum atomic E-state index is -3.14. The van der Waals surface area contributed by atoms with E-state index >= 15 is 0 Å². The molecule has 30 heavy (non-hydrogen) atoms. The van der Waals surface area contributed by atoms with Gasteiger partial charge in [-0.2, -0.15) is 8.78 Å². The van der Waals surface area contributed by atoms with Crippen molar-refractivity contribution in [2.24, 2.45) is 5.73 Å². The normalized spacial score (nSPS) is 12.0. The summed E-state index contributed by atoms with van der Waals surface area (Å²) in [5, 5.41) is 3.34. The summed E-state index contributed by atoms with van der Waals surface area (Å²) in [6.07, 6.45) is 0. The molecule has 3 rings (SSSR count). The highest BCUT2D eigenvalue weighted by Gasteiger charge is 2.29. The predicted octanol–water partition coefficient (Wildman–Crippen LogP) is 2.70. The Labute approximate surface area is 171 Å². The number of amides is 1. The number of carbonyl (C=O) groups excluding carboxylic acids is 2. The zero-order valence-corrected chi connectivity index (χ0v) is 16.0. The largest absolute Gasteiger partial charge is 0.414 e. The molecule has 0 spiro atoms. The van der Waals surface area contributed by atoms with E-state index in [0.717, 1.165) is 17.4 Å². The first kappa shape index (κ1) is 21.1. The summed E-state index contributed by atoms with van der Waals surface area (Å²) in [5.74, 6) is -3.15. The Morgan fingerprint density at radius 2 is 1.93 bits per heavy atom. The number of alkyl halides is 2. The number of aromatic nitrogens is 2. The SMILES string of the molecule is CC(C(N)=O)N(c1ccc(F)cc1)c1nc(N)c(C(=O)c2cc(OC(F)F)no2)s1. The van der Waals surface area contributed by atoms with Crippen LogP contribution in [0.4, 0.5) is 29.8 Å². The number of nitrogens with zero attached hydrogens (tertiary/aromatic N) is 3. The van der Waals surface area contributed by atoms with Crippen molar-refractivity contribution in [3.8, 4) is 5.88 Å². The first-order valence-corrected chi connectivity index (χ1v) is 9.05. The lowest BCUT2D eigenvalue weighted by Gasteiger charge is -2.26. The average molecular weight is 441 g/mol. The first-order chi connectivity index (χ1) is 14.2. The third kappa shape index (κ3) is 4.35. The number of nitrogen functional groups attached to an aromatic ring is 1. The number of primary amides is 1. The number of rotatable bonds is 8. The second-order valence-corrected chi connectivity index (χ2v) is 6.85. The quantitative estimate of drug-likeness (QED) is 0.509. The topological polar surface area (TPSA) is 138 Å². The standard InChI is InChI=1S/C17H14F3N5O4S/c1-7(15(22)27)25(9-4-2-8(18)3-5-9)17-23-14(21)13(30-17)12(26)10-6-11(24-29-10)28-16(19)20/h2-7,16H,21H2,1H3,(H2,22,27). The molecule has 4 N–H and O–H groups in total. The molecule has 2 aromatic heterocycles. The fourth-order valence-electron chi connectivity index (χ4n) is 2.44. The highest BCUT2D eigenvalue weighted by molar-refractivity contribution is 7.18. The lowest BCUT2D eigenvalue weighted by molar-refractivity contribution is -0.118. The number of anilines is 3. The van der Waals surface area contributed by atoms with Gasteiger partial charge in [0.05, 0.1) is 6.07 Å². The van der Waals surface area contributed by atoms with Crippen LogP contribution in [0.2, 0.25) is 0 Å². The van der Waals surface area contributed by atoms with Gasteiger partial charge in [-0.25, -0.2) is 9.37 Å². The average Bonchev–Trinajstić information content (AvgIpc) is 3.29. The molecule has 2 heterocycles. The number of hydrogen-bond acceptors (Lipinski definition) is 9. The molecule has 1 amide bonds.